The van der Waals surface area contributed by atoms with Crippen LogP contribution in [0.5, 0.6) is 0 Å². The second-order valence-electron chi connectivity index (χ2n) is 11.2. The van der Waals surface area contributed by atoms with Crippen LogP contribution in [0.25, 0.3) is 0 Å². The van der Waals surface area contributed by atoms with Crippen molar-refractivity contribution in [3.63, 3.8) is 0 Å². The molecule has 0 saturated heterocycles. The Balaban J connectivity index is 3.30. The van der Waals surface area contributed by atoms with E-state index >= 15 is 0 Å². The van der Waals surface area contributed by atoms with Gasteiger partial charge in [0.1, 0.15) is 17.7 Å². The van der Waals surface area contributed by atoms with E-state index in [0.717, 1.165) is 56.9 Å². The molecule has 3 amide bonds. The van der Waals surface area contributed by atoms with Crippen LogP contribution in [0.15, 0.2) is 24.3 Å². The van der Waals surface area contributed by atoms with E-state index in [-0.39, 0.29) is 5.91 Å². The summed E-state index contributed by atoms with van der Waals surface area (Å²) in [5.41, 5.74) is 1.08. The highest BCUT2D eigenvalue weighted by molar-refractivity contribution is 5.92. The summed E-state index contributed by atoms with van der Waals surface area (Å²) in [6.07, 6.45) is 9.10. The number of rotatable bonds is 18. The van der Waals surface area contributed by atoms with Crippen LogP contribution in [0, 0.1) is 0 Å². The second kappa shape index (κ2) is 18.6. The number of hydrogen-bond donors (Lipinski definition) is 3. The monoisotopic (exact) mass is 547 g/mol. The molecule has 8 heteroatoms. The van der Waals surface area contributed by atoms with Crippen molar-refractivity contribution in [2.75, 3.05) is 19.7 Å². The lowest BCUT2D eigenvalue weighted by atomic mass is 10.00. The first-order valence-electron chi connectivity index (χ1n) is 14.8. The Kier molecular flexibility index (Phi) is 16.4. The Morgan fingerprint density at radius 2 is 1.49 bits per heavy atom. The third-order valence-electron chi connectivity index (χ3n) is 6.55. The molecule has 0 radical (unpaired) electrons. The van der Waals surface area contributed by atoms with Crippen molar-refractivity contribution >= 4 is 17.9 Å². The van der Waals surface area contributed by atoms with E-state index in [1.165, 1.54) is 11.3 Å². The highest BCUT2D eigenvalue weighted by Crippen LogP contribution is 2.24. The lowest BCUT2D eigenvalue weighted by Crippen LogP contribution is -2.54. The number of alkyl carbamates (subject to hydrolysis) is 1. The molecule has 39 heavy (non-hydrogen) atoms. The van der Waals surface area contributed by atoms with E-state index in [1.54, 1.807) is 20.8 Å². The maximum Gasteiger partial charge on any atom is 0.408 e. The SMILES string of the molecule is CCCCCCCCN(C(=O)C(CO)NC(=O)OC(C)(C)C)C(C(=O)NCCCCC)c1ccc(CC)cc1. The number of carbonyl (C=O) groups is 3. The molecule has 2 unspecified atom stereocenters. The Bertz CT molecular complexity index is 851. The van der Waals surface area contributed by atoms with Crippen molar-refractivity contribution in [3.8, 4) is 0 Å². The van der Waals surface area contributed by atoms with E-state index in [0.29, 0.717) is 25.1 Å². The fraction of sp³-hybridized carbons (Fsp3) is 0.710. The van der Waals surface area contributed by atoms with Crippen molar-refractivity contribution in [2.24, 2.45) is 0 Å². The maximum atomic E-state index is 13.9. The van der Waals surface area contributed by atoms with Crippen LogP contribution in [0.3, 0.4) is 0 Å². The summed E-state index contributed by atoms with van der Waals surface area (Å²) in [5, 5.41) is 15.6. The number of unbranched alkanes of at least 4 members (excludes halogenated alkanes) is 7. The molecule has 2 atom stereocenters. The highest BCUT2D eigenvalue weighted by Gasteiger charge is 2.35. The summed E-state index contributed by atoms with van der Waals surface area (Å²) < 4.78 is 5.32. The summed E-state index contributed by atoms with van der Waals surface area (Å²) in [7, 11) is 0. The second-order valence-corrected chi connectivity index (χ2v) is 11.2. The van der Waals surface area contributed by atoms with Gasteiger partial charge in [0.15, 0.2) is 0 Å². The van der Waals surface area contributed by atoms with Crippen molar-refractivity contribution < 1.29 is 24.2 Å². The molecule has 0 saturated carbocycles. The van der Waals surface area contributed by atoms with Gasteiger partial charge in [-0.05, 0) is 51.2 Å². The van der Waals surface area contributed by atoms with Crippen LogP contribution in [-0.2, 0) is 20.7 Å². The van der Waals surface area contributed by atoms with Crippen molar-refractivity contribution in [1.82, 2.24) is 15.5 Å². The predicted molar refractivity (Wildman–Crippen MR) is 156 cm³/mol. The van der Waals surface area contributed by atoms with Gasteiger partial charge in [0.25, 0.3) is 0 Å². The molecule has 0 aliphatic carbocycles. The van der Waals surface area contributed by atoms with Gasteiger partial charge in [0, 0.05) is 13.1 Å². The van der Waals surface area contributed by atoms with E-state index in [2.05, 4.69) is 31.4 Å². The number of aliphatic hydroxyl groups is 1. The van der Waals surface area contributed by atoms with Gasteiger partial charge in [-0.25, -0.2) is 4.79 Å². The third kappa shape index (κ3) is 13.3. The van der Waals surface area contributed by atoms with Crippen LogP contribution < -0.4 is 10.6 Å². The van der Waals surface area contributed by atoms with Crippen LogP contribution in [-0.4, -0.2) is 59.3 Å². The fourth-order valence-electron chi connectivity index (χ4n) is 4.36. The number of aliphatic hydroxyl groups excluding tert-OH is 1. The zero-order valence-electron chi connectivity index (χ0n) is 25.2. The van der Waals surface area contributed by atoms with Crippen molar-refractivity contribution in [2.45, 2.75) is 123 Å². The van der Waals surface area contributed by atoms with Gasteiger partial charge in [0.2, 0.25) is 11.8 Å². The first-order chi connectivity index (χ1) is 18.6. The number of hydrogen-bond acceptors (Lipinski definition) is 5. The third-order valence-corrected chi connectivity index (χ3v) is 6.55. The summed E-state index contributed by atoms with van der Waals surface area (Å²) in [6.45, 7) is 11.8. The number of nitrogens with one attached hydrogen (secondary N) is 2. The van der Waals surface area contributed by atoms with Gasteiger partial charge in [-0.15, -0.1) is 0 Å². The molecule has 1 aromatic carbocycles. The molecule has 1 aromatic rings. The smallest absolute Gasteiger partial charge is 0.408 e. The number of nitrogens with zero attached hydrogens (tertiary/aromatic N) is 1. The molecule has 0 aliphatic heterocycles. The Morgan fingerprint density at radius 1 is 0.897 bits per heavy atom. The molecule has 8 nitrogen and oxygen atoms in total. The Morgan fingerprint density at radius 3 is 2.05 bits per heavy atom. The number of amides is 3. The minimum Gasteiger partial charge on any atom is -0.444 e. The molecule has 222 valence electrons. The predicted octanol–water partition coefficient (Wildman–Crippen LogP) is 5.67. The van der Waals surface area contributed by atoms with E-state index in [9.17, 15) is 19.5 Å². The van der Waals surface area contributed by atoms with Crippen molar-refractivity contribution in [1.29, 1.82) is 0 Å². The molecule has 1 rings (SSSR count). The lowest BCUT2D eigenvalue weighted by Gasteiger charge is -2.34. The van der Waals surface area contributed by atoms with E-state index in [4.69, 9.17) is 4.74 Å². The summed E-state index contributed by atoms with van der Waals surface area (Å²) >= 11 is 0. The van der Waals surface area contributed by atoms with Gasteiger partial charge < -0.3 is 25.4 Å². The molecule has 0 fully saturated rings. The molecule has 0 bridgehead atoms. The molecule has 0 spiro atoms. The van der Waals surface area contributed by atoms with Crippen LogP contribution in [0.4, 0.5) is 4.79 Å². The van der Waals surface area contributed by atoms with Gasteiger partial charge in [0.05, 0.1) is 6.61 Å². The van der Waals surface area contributed by atoms with Crippen LogP contribution in [0.1, 0.15) is 116 Å². The number of aryl methyl sites for hydroxylation is 1. The molecular weight excluding hydrogens is 494 g/mol. The fourth-order valence-corrected chi connectivity index (χ4v) is 4.36. The standard InChI is InChI=1S/C31H53N3O5/c1-7-10-12-13-14-16-22-34(29(37)26(23-35)33-30(38)39-31(4,5)6)27(28(36)32-21-15-11-8-2)25-19-17-24(9-3)18-20-25/h17-20,26-27,35H,7-16,21-23H2,1-6H3,(H,32,36)(H,33,38). The quantitative estimate of drug-likeness (QED) is 0.205. The van der Waals surface area contributed by atoms with Gasteiger partial charge in [-0.1, -0.05) is 90.0 Å². The Hall–Kier alpha value is -2.61. The first-order valence-corrected chi connectivity index (χ1v) is 14.8. The molecule has 3 N–H and O–H groups in total. The van der Waals surface area contributed by atoms with E-state index < -0.39 is 36.3 Å². The zero-order valence-corrected chi connectivity index (χ0v) is 25.2. The van der Waals surface area contributed by atoms with Crippen LogP contribution in [0.2, 0.25) is 0 Å². The topological polar surface area (TPSA) is 108 Å². The van der Waals surface area contributed by atoms with Gasteiger partial charge in [-0.3, -0.25) is 9.59 Å². The van der Waals surface area contributed by atoms with E-state index in [1.807, 2.05) is 24.3 Å². The largest absolute Gasteiger partial charge is 0.444 e. The summed E-state index contributed by atoms with van der Waals surface area (Å²) in [4.78, 5) is 41.5. The first kappa shape index (κ1) is 34.4. The minimum absolute atomic E-state index is 0.261. The van der Waals surface area contributed by atoms with Gasteiger partial charge >= 0.3 is 6.09 Å². The number of benzene rings is 1. The molecule has 0 aliphatic rings. The number of ether oxygens (including phenoxy) is 1. The lowest BCUT2D eigenvalue weighted by molar-refractivity contribution is -0.143. The van der Waals surface area contributed by atoms with Gasteiger partial charge in [-0.2, -0.15) is 0 Å². The maximum absolute atomic E-state index is 13.9. The van der Waals surface area contributed by atoms with Crippen molar-refractivity contribution in [3.05, 3.63) is 35.4 Å². The molecule has 0 heterocycles. The summed E-state index contributed by atoms with van der Waals surface area (Å²) in [5.74, 6) is -0.770. The molecular formula is C31H53N3O5. The highest BCUT2D eigenvalue weighted by atomic mass is 16.6. The minimum atomic E-state index is -1.23. The summed E-state index contributed by atoms with van der Waals surface area (Å²) in [6, 6.07) is 5.63. The molecule has 0 aromatic heterocycles. The zero-order chi connectivity index (χ0) is 29.3. The van der Waals surface area contributed by atoms with Crippen LogP contribution >= 0.6 is 0 Å². The number of carbonyl (C=O) groups excluding carboxylic acids is 3. The average Bonchev–Trinajstić information content (AvgIpc) is 2.89. The average molecular weight is 548 g/mol. The normalized spacial score (nSPS) is 12.9. The Labute approximate surface area is 236 Å².